The first-order valence-electron chi connectivity index (χ1n) is 6.70. The largest absolute Gasteiger partial charge is 0.390 e. The molecule has 1 aromatic rings. The van der Waals surface area contributed by atoms with Crippen molar-refractivity contribution in [1.29, 1.82) is 5.26 Å². The fourth-order valence-corrected chi connectivity index (χ4v) is 3.18. The van der Waals surface area contributed by atoms with Crippen LogP contribution >= 0.6 is 11.8 Å². The van der Waals surface area contributed by atoms with E-state index in [1.165, 1.54) is 0 Å². The van der Waals surface area contributed by atoms with Crippen LogP contribution < -0.4 is 4.90 Å². The molecule has 102 valence electrons. The highest BCUT2D eigenvalue weighted by atomic mass is 32.2. The van der Waals surface area contributed by atoms with Crippen LogP contribution in [0.5, 0.6) is 0 Å². The minimum Gasteiger partial charge on any atom is -0.390 e. The van der Waals surface area contributed by atoms with Crippen LogP contribution in [-0.2, 0) is 0 Å². The number of nitriles is 1. The molecule has 0 spiro atoms. The van der Waals surface area contributed by atoms with Gasteiger partial charge in [-0.15, -0.1) is 11.8 Å². The second-order valence-corrected chi connectivity index (χ2v) is 6.48. The fourth-order valence-electron chi connectivity index (χ4n) is 2.40. The van der Waals surface area contributed by atoms with E-state index < -0.39 is 5.60 Å². The van der Waals surface area contributed by atoms with E-state index in [9.17, 15) is 10.4 Å². The van der Waals surface area contributed by atoms with Crippen molar-refractivity contribution in [2.45, 2.75) is 37.2 Å². The molecule has 0 atom stereocenters. The van der Waals surface area contributed by atoms with Gasteiger partial charge in [-0.3, -0.25) is 0 Å². The van der Waals surface area contributed by atoms with Crippen LogP contribution in [0.15, 0.2) is 23.1 Å². The van der Waals surface area contributed by atoms with E-state index in [4.69, 9.17) is 0 Å². The van der Waals surface area contributed by atoms with Gasteiger partial charge in [-0.2, -0.15) is 5.26 Å². The molecule has 1 heterocycles. The smallest absolute Gasteiger partial charge is 0.103 e. The third-order valence-electron chi connectivity index (χ3n) is 3.60. The Hall–Kier alpha value is -1.18. The molecule has 0 aliphatic carbocycles. The highest BCUT2D eigenvalue weighted by Crippen LogP contribution is 2.33. The summed E-state index contributed by atoms with van der Waals surface area (Å²) in [6.45, 7) is 5.60. The highest BCUT2D eigenvalue weighted by molar-refractivity contribution is 7.99. The average Bonchev–Trinajstić information content (AvgIpc) is 2.39. The molecule has 3 nitrogen and oxygen atoms in total. The number of nitrogens with zero attached hydrogens (tertiary/aromatic N) is 2. The fraction of sp³-hybridized carbons (Fsp3) is 0.533. The number of piperidine rings is 1. The zero-order chi connectivity index (χ0) is 13.9. The first kappa shape index (κ1) is 14.2. The molecule has 4 heteroatoms. The van der Waals surface area contributed by atoms with E-state index in [1.807, 2.05) is 25.1 Å². The van der Waals surface area contributed by atoms with Crippen molar-refractivity contribution in [3.05, 3.63) is 23.8 Å². The summed E-state index contributed by atoms with van der Waals surface area (Å²) in [5.41, 5.74) is 1.23. The average molecular weight is 276 g/mol. The van der Waals surface area contributed by atoms with Gasteiger partial charge in [-0.1, -0.05) is 13.0 Å². The summed E-state index contributed by atoms with van der Waals surface area (Å²) in [5, 5.41) is 19.4. The summed E-state index contributed by atoms with van der Waals surface area (Å²) < 4.78 is 0. The Morgan fingerprint density at radius 2 is 2.11 bits per heavy atom. The van der Waals surface area contributed by atoms with E-state index in [-0.39, 0.29) is 0 Å². The van der Waals surface area contributed by atoms with Crippen LogP contribution in [0.4, 0.5) is 5.69 Å². The van der Waals surface area contributed by atoms with Crippen molar-refractivity contribution in [3.63, 3.8) is 0 Å². The SMILES string of the molecule is CCSc1cccc(N2CCC(C)(O)CC2)c1C#N. The highest BCUT2D eigenvalue weighted by Gasteiger charge is 2.28. The molecule has 0 bridgehead atoms. The molecule has 1 aromatic carbocycles. The zero-order valence-electron chi connectivity index (χ0n) is 11.5. The minimum atomic E-state index is -0.556. The molecule has 0 aromatic heterocycles. The number of aliphatic hydroxyl groups is 1. The van der Waals surface area contributed by atoms with Crippen molar-refractivity contribution in [2.24, 2.45) is 0 Å². The second-order valence-electron chi connectivity index (χ2n) is 5.18. The zero-order valence-corrected chi connectivity index (χ0v) is 12.3. The van der Waals surface area contributed by atoms with Gasteiger partial charge in [-0.05, 0) is 37.7 Å². The Balaban J connectivity index is 2.26. The molecule has 19 heavy (non-hydrogen) atoms. The van der Waals surface area contributed by atoms with Gasteiger partial charge in [0.1, 0.15) is 6.07 Å². The van der Waals surface area contributed by atoms with Crippen LogP contribution in [-0.4, -0.2) is 29.5 Å². The summed E-state index contributed by atoms with van der Waals surface area (Å²) in [5.74, 6) is 0.965. The predicted octanol–water partition coefficient (Wildman–Crippen LogP) is 3.02. The molecule has 2 rings (SSSR count). The van der Waals surface area contributed by atoms with Gasteiger partial charge in [-0.25, -0.2) is 0 Å². The number of anilines is 1. The number of benzene rings is 1. The van der Waals surface area contributed by atoms with Gasteiger partial charge in [0.2, 0.25) is 0 Å². The second kappa shape index (κ2) is 5.85. The summed E-state index contributed by atoms with van der Waals surface area (Å²) in [6, 6.07) is 8.38. The molecular formula is C15H20N2OS. The monoisotopic (exact) mass is 276 g/mol. The third kappa shape index (κ3) is 3.23. The minimum absolute atomic E-state index is 0.556. The van der Waals surface area contributed by atoms with Crippen molar-refractivity contribution >= 4 is 17.4 Å². The maximum Gasteiger partial charge on any atom is 0.103 e. The molecular weight excluding hydrogens is 256 g/mol. The van der Waals surface area contributed by atoms with E-state index in [0.717, 1.165) is 47.8 Å². The maximum atomic E-state index is 10.0. The Bertz CT molecular complexity index is 483. The summed E-state index contributed by atoms with van der Waals surface area (Å²) in [4.78, 5) is 3.27. The van der Waals surface area contributed by atoms with Gasteiger partial charge < -0.3 is 10.0 Å². The first-order valence-corrected chi connectivity index (χ1v) is 7.69. The van der Waals surface area contributed by atoms with E-state index in [0.29, 0.717) is 0 Å². The van der Waals surface area contributed by atoms with Gasteiger partial charge in [0, 0.05) is 18.0 Å². The summed E-state index contributed by atoms with van der Waals surface area (Å²) >= 11 is 1.71. The van der Waals surface area contributed by atoms with E-state index in [1.54, 1.807) is 11.8 Å². The molecule has 0 radical (unpaired) electrons. The molecule has 1 aliphatic heterocycles. The normalized spacial score (nSPS) is 18.1. The lowest BCUT2D eigenvalue weighted by molar-refractivity contribution is 0.0351. The number of thioether (sulfide) groups is 1. The van der Waals surface area contributed by atoms with Gasteiger partial charge in [0.05, 0.1) is 16.9 Å². The summed E-state index contributed by atoms with van der Waals surface area (Å²) in [7, 11) is 0. The van der Waals surface area contributed by atoms with Crippen molar-refractivity contribution in [2.75, 3.05) is 23.7 Å². The van der Waals surface area contributed by atoms with Crippen molar-refractivity contribution in [3.8, 4) is 6.07 Å². The molecule has 0 unspecified atom stereocenters. The van der Waals surface area contributed by atoms with E-state index >= 15 is 0 Å². The topological polar surface area (TPSA) is 47.3 Å². The van der Waals surface area contributed by atoms with Crippen LogP contribution in [0, 0.1) is 11.3 Å². The van der Waals surface area contributed by atoms with Crippen LogP contribution in [0.25, 0.3) is 0 Å². The predicted molar refractivity (Wildman–Crippen MR) is 79.6 cm³/mol. The Morgan fingerprint density at radius 3 is 2.68 bits per heavy atom. The Labute approximate surface area is 119 Å². The lowest BCUT2D eigenvalue weighted by Gasteiger charge is -2.37. The van der Waals surface area contributed by atoms with Gasteiger partial charge >= 0.3 is 0 Å². The molecule has 1 aliphatic rings. The lowest BCUT2D eigenvalue weighted by atomic mass is 9.93. The number of rotatable bonds is 3. The van der Waals surface area contributed by atoms with Crippen LogP contribution in [0.2, 0.25) is 0 Å². The third-order valence-corrected chi connectivity index (χ3v) is 4.54. The Morgan fingerprint density at radius 1 is 1.42 bits per heavy atom. The number of hydrogen-bond donors (Lipinski definition) is 1. The molecule has 1 fully saturated rings. The quantitative estimate of drug-likeness (QED) is 0.862. The molecule has 1 saturated heterocycles. The maximum absolute atomic E-state index is 10.0. The van der Waals surface area contributed by atoms with Gasteiger partial charge in [0.15, 0.2) is 0 Å². The number of hydrogen-bond acceptors (Lipinski definition) is 4. The first-order chi connectivity index (χ1) is 9.07. The Kier molecular flexibility index (Phi) is 4.38. The molecule has 0 amide bonds. The summed E-state index contributed by atoms with van der Waals surface area (Å²) in [6.07, 6.45) is 1.51. The van der Waals surface area contributed by atoms with Crippen LogP contribution in [0.3, 0.4) is 0 Å². The molecule has 0 saturated carbocycles. The molecule has 1 N–H and O–H groups in total. The van der Waals surface area contributed by atoms with Gasteiger partial charge in [0.25, 0.3) is 0 Å². The van der Waals surface area contributed by atoms with Crippen LogP contribution in [0.1, 0.15) is 32.3 Å². The van der Waals surface area contributed by atoms with E-state index in [2.05, 4.69) is 17.9 Å². The van der Waals surface area contributed by atoms with Crippen molar-refractivity contribution < 1.29 is 5.11 Å². The van der Waals surface area contributed by atoms with Crippen molar-refractivity contribution in [1.82, 2.24) is 0 Å². The lowest BCUT2D eigenvalue weighted by Crippen LogP contribution is -2.42. The standard InChI is InChI=1S/C15H20N2OS/c1-3-19-14-6-4-5-13(12(14)11-16)17-9-7-15(2,18)8-10-17/h4-6,18H,3,7-10H2,1-2H3.